The number of nitrogens with two attached hydrogens (primary N) is 1. The van der Waals surface area contributed by atoms with Gasteiger partial charge in [-0.2, -0.15) is 0 Å². The predicted molar refractivity (Wildman–Crippen MR) is 74.0 cm³/mol. The third-order valence-corrected chi connectivity index (χ3v) is 3.92. The molecule has 0 atom stereocenters. The number of benzene rings is 1. The van der Waals surface area contributed by atoms with Gasteiger partial charge >= 0.3 is 0 Å². The summed E-state index contributed by atoms with van der Waals surface area (Å²) in [5.74, 6) is 1.09. The number of thioether (sulfide) groups is 1. The van der Waals surface area contributed by atoms with E-state index in [-0.39, 0.29) is 18.4 Å². The summed E-state index contributed by atoms with van der Waals surface area (Å²) in [7, 11) is 0. The molecule has 3 rings (SSSR count). The minimum Gasteiger partial charge on any atom is -0.367 e. The van der Waals surface area contributed by atoms with Crippen molar-refractivity contribution in [2.75, 3.05) is 22.9 Å². The van der Waals surface area contributed by atoms with Crippen molar-refractivity contribution in [2.24, 2.45) is 0 Å². The molecule has 2 N–H and O–H groups in total. The summed E-state index contributed by atoms with van der Waals surface area (Å²) in [6.45, 7) is 0.869. The zero-order chi connectivity index (χ0) is 13.2. The van der Waals surface area contributed by atoms with Gasteiger partial charge < -0.3 is 10.6 Å². The van der Waals surface area contributed by atoms with Gasteiger partial charge in [-0.25, -0.2) is 9.67 Å². The van der Waals surface area contributed by atoms with Crippen molar-refractivity contribution in [1.82, 2.24) is 14.8 Å². The van der Waals surface area contributed by atoms with Gasteiger partial charge in [0.25, 0.3) is 0 Å². The SMILES string of the molecule is Nc1ncn(CC(=O)N2CCSc3ccccc32)n1. The summed E-state index contributed by atoms with van der Waals surface area (Å²) >= 11 is 1.77. The van der Waals surface area contributed by atoms with Crippen LogP contribution in [0.15, 0.2) is 35.5 Å². The lowest BCUT2D eigenvalue weighted by molar-refractivity contribution is -0.119. The summed E-state index contributed by atoms with van der Waals surface area (Å²) in [6.07, 6.45) is 1.47. The number of anilines is 2. The van der Waals surface area contributed by atoms with E-state index in [4.69, 9.17) is 5.73 Å². The predicted octanol–water partition coefficient (Wildman–Crippen LogP) is 0.999. The van der Waals surface area contributed by atoms with Crippen molar-refractivity contribution in [1.29, 1.82) is 0 Å². The van der Waals surface area contributed by atoms with Gasteiger partial charge in [0, 0.05) is 17.2 Å². The van der Waals surface area contributed by atoms with Gasteiger partial charge in [-0.05, 0) is 12.1 Å². The van der Waals surface area contributed by atoms with Crippen LogP contribution >= 0.6 is 11.8 Å². The standard InChI is InChI=1S/C12H13N5OS/c13-12-14-8-16(15-12)7-11(18)17-5-6-19-10-4-2-1-3-9(10)17/h1-4,8H,5-7H2,(H2,13,15). The Balaban J connectivity index is 1.81. The quantitative estimate of drug-likeness (QED) is 0.884. The van der Waals surface area contributed by atoms with Gasteiger partial charge in [0.15, 0.2) is 0 Å². The molecule has 7 heteroatoms. The van der Waals surface area contributed by atoms with Gasteiger partial charge in [0.05, 0.1) is 5.69 Å². The van der Waals surface area contributed by atoms with Crippen LogP contribution in [0, 0.1) is 0 Å². The Morgan fingerprint density at radius 2 is 2.26 bits per heavy atom. The first kappa shape index (κ1) is 12.0. The Morgan fingerprint density at radius 1 is 1.42 bits per heavy atom. The van der Waals surface area contributed by atoms with Gasteiger partial charge in [-0.3, -0.25) is 4.79 Å². The van der Waals surface area contributed by atoms with Crippen LogP contribution in [0.2, 0.25) is 0 Å². The molecule has 0 radical (unpaired) electrons. The zero-order valence-corrected chi connectivity index (χ0v) is 11.0. The Hall–Kier alpha value is -2.02. The molecule has 0 spiro atoms. The first-order chi connectivity index (χ1) is 9.24. The number of nitrogens with zero attached hydrogens (tertiary/aromatic N) is 4. The molecule has 0 aliphatic carbocycles. The molecular weight excluding hydrogens is 262 g/mol. The van der Waals surface area contributed by atoms with Crippen molar-refractivity contribution in [3.8, 4) is 0 Å². The normalized spacial score (nSPS) is 14.2. The maximum atomic E-state index is 12.3. The van der Waals surface area contributed by atoms with Gasteiger partial charge in [0.2, 0.25) is 11.9 Å². The number of carbonyl (C=O) groups excluding carboxylic acids is 1. The van der Waals surface area contributed by atoms with Crippen LogP contribution in [0.1, 0.15) is 0 Å². The number of hydrogen-bond donors (Lipinski definition) is 1. The zero-order valence-electron chi connectivity index (χ0n) is 10.2. The smallest absolute Gasteiger partial charge is 0.248 e. The largest absolute Gasteiger partial charge is 0.367 e. The number of hydrogen-bond acceptors (Lipinski definition) is 5. The maximum Gasteiger partial charge on any atom is 0.248 e. The Morgan fingerprint density at radius 3 is 3.05 bits per heavy atom. The molecule has 0 saturated heterocycles. The third-order valence-electron chi connectivity index (χ3n) is 2.88. The minimum absolute atomic E-state index is 0.00218. The molecule has 1 aliphatic rings. The van der Waals surface area contributed by atoms with Crippen molar-refractivity contribution < 1.29 is 4.79 Å². The van der Waals surface area contributed by atoms with Gasteiger partial charge in [-0.1, -0.05) is 12.1 Å². The summed E-state index contributed by atoms with van der Waals surface area (Å²) in [5.41, 5.74) is 6.41. The summed E-state index contributed by atoms with van der Waals surface area (Å²) in [4.78, 5) is 19.1. The van der Waals surface area contributed by atoms with E-state index in [0.29, 0.717) is 6.54 Å². The monoisotopic (exact) mass is 275 g/mol. The van der Waals surface area contributed by atoms with Crippen LogP contribution in [0.5, 0.6) is 0 Å². The Labute approximate surface area is 114 Å². The fourth-order valence-corrected chi connectivity index (χ4v) is 3.03. The van der Waals surface area contributed by atoms with E-state index >= 15 is 0 Å². The van der Waals surface area contributed by atoms with Gasteiger partial charge in [0.1, 0.15) is 12.9 Å². The van der Waals surface area contributed by atoms with E-state index in [1.807, 2.05) is 24.3 Å². The number of nitrogen functional groups attached to an aromatic ring is 1. The first-order valence-electron chi connectivity index (χ1n) is 5.91. The number of para-hydroxylation sites is 1. The maximum absolute atomic E-state index is 12.3. The Bertz CT molecular complexity index is 612. The number of carbonyl (C=O) groups is 1. The summed E-state index contributed by atoms with van der Waals surface area (Å²) < 4.78 is 1.46. The van der Waals surface area contributed by atoms with Crippen LogP contribution in [-0.4, -0.2) is 33.0 Å². The van der Waals surface area contributed by atoms with E-state index in [9.17, 15) is 4.79 Å². The van der Waals surface area contributed by atoms with E-state index in [1.165, 1.54) is 11.0 Å². The third kappa shape index (κ3) is 2.41. The molecular formula is C12H13N5OS. The summed E-state index contributed by atoms with van der Waals surface area (Å²) in [5, 5.41) is 3.93. The molecule has 0 fully saturated rings. The molecule has 1 aliphatic heterocycles. The average Bonchev–Trinajstić information content (AvgIpc) is 2.83. The average molecular weight is 275 g/mol. The second kappa shape index (κ2) is 4.93. The molecule has 0 bridgehead atoms. The van der Waals surface area contributed by atoms with E-state index in [2.05, 4.69) is 10.1 Å². The van der Waals surface area contributed by atoms with Crippen LogP contribution in [0.3, 0.4) is 0 Å². The fourth-order valence-electron chi connectivity index (χ4n) is 2.04. The number of amides is 1. The molecule has 1 aromatic heterocycles. The van der Waals surface area contributed by atoms with Crippen molar-refractivity contribution in [3.05, 3.63) is 30.6 Å². The number of aromatic nitrogens is 3. The highest BCUT2D eigenvalue weighted by atomic mass is 32.2. The van der Waals surface area contributed by atoms with Crippen molar-refractivity contribution in [3.63, 3.8) is 0 Å². The van der Waals surface area contributed by atoms with Crippen molar-refractivity contribution in [2.45, 2.75) is 11.4 Å². The lowest BCUT2D eigenvalue weighted by Crippen LogP contribution is -2.37. The number of rotatable bonds is 2. The van der Waals surface area contributed by atoms with Crippen LogP contribution in [-0.2, 0) is 11.3 Å². The molecule has 0 saturated carbocycles. The molecule has 6 nitrogen and oxygen atoms in total. The highest BCUT2D eigenvalue weighted by Crippen LogP contribution is 2.34. The summed E-state index contributed by atoms with van der Waals surface area (Å²) in [6, 6.07) is 7.93. The van der Waals surface area contributed by atoms with E-state index in [1.54, 1.807) is 16.7 Å². The lowest BCUT2D eigenvalue weighted by atomic mass is 10.2. The van der Waals surface area contributed by atoms with E-state index in [0.717, 1.165) is 16.3 Å². The second-order valence-electron chi connectivity index (χ2n) is 4.16. The van der Waals surface area contributed by atoms with Crippen LogP contribution in [0.4, 0.5) is 11.6 Å². The van der Waals surface area contributed by atoms with Crippen molar-refractivity contribution >= 4 is 29.3 Å². The first-order valence-corrected chi connectivity index (χ1v) is 6.90. The molecule has 98 valence electrons. The van der Waals surface area contributed by atoms with Crippen LogP contribution in [0.25, 0.3) is 0 Å². The highest BCUT2D eigenvalue weighted by molar-refractivity contribution is 7.99. The molecule has 2 aromatic rings. The Kier molecular flexibility index (Phi) is 3.12. The second-order valence-corrected chi connectivity index (χ2v) is 5.30. The molecule has 0 unspecified atom stereocenters. The topological polar surface area (TPSA) is 77.0 Å². The number of fused-ring (bicyclic) bond motifs is 1. The van der Waals surface area contributed by atoms with Gasteiger partial charge in [-0.15, -0.1) is 16.9 Å². The highest BCUT2D eigenvalue weighted by Gasteiger charge is 2.22. The molecule has 1 amide bonds. The van der Waals surface area contributed by atoms with E-state index < -0.39 is 0 Å². The molecule has 2 heterocycles. The molecule has 1 aromatic carbocycles. The lowest BCUT2D eigenvalue weighted by Gasteiger charge is -2.28. The minimum atomic E-state index is -0.00218. The van der Waals surface area contributed by atoms with Crippen LogP contribution < -0.4 is 10.6 Å². The fraction of sp³-hybridized carbons (Fsp3) is 0.250. The molecule has 19 heavy (non-hydrogen) atoms.